The zero-order valence-corrected chi connectivity index (χ0v) is 5.88. The Morgan fingerprint density at radius 2 is 2.50 bits per heavy atom. The quantitative estimate of drug-likeness (QED) is 0.234. The molecule has 0 aromatic carbocycles. The minimum Gasteiger partial charge on any atom is -0.376 e. The second-order valence-corrected chi connectivity index (χ2v) is 2.01. The third-order valence-electron chi connectivity index (χ3n) is 0.482. The molecule has 0 aromatic heterocycles. The van der Waals surface area contributed by atoms with Gasteiger partial charge in [-0.25, -0.2) is 0 Å². The summed E-state index contributed by atoms with van der Waals surface area (Å²) in [5.74, 6) is 0.303. The van der Waals surface area contributed by atoms with Gasteiger partial charge in [0.2, 0.25) is 0 Å². The minimum absolute atomic E-state index is 0.0894. The van der Waals surface area contributed by atoms with Crippen molar-refractivity contribution < 1.29 is 5.11 Å². The van der Waals surface area contributed by atoms with Crippen molar-refractivity contribution in [3.63, 3.8) is 0 Å². The van der Waals surface area contributed by atoms with Crippen molar-refractivity contribution in [3.8, 4) is 0 Å². The number of thiol groups is 1. The Morgan fingerprint density at radius 1 is 2.00 bits per heavy atom. The first-order valence-electron chi connectivity index (χ1n) is 2.01. The maximum atomic E-state index is 8.67. The zero-order valence-electron chi connectivity index (χ0n) is 4.16. The third kappa shape index (κ3) is 4.17. The Kier molecular flexibility index (Phi) is 3.94. The molecule has 0 spiro atoms. The van der Waals surface area contributed by atoms with Crippen LogP contribution in [0.1, 0.15) is 0 Å². The Bertz CT molecular complexity index is 87.4. The number of hydrogen-bond acceptors (Lipinski definition) is 3. The van der Waals surface area contributed by atoms with Gasteiger partial charge in [-0.3, -0.25) is 0 Å². The van der Waals surface area contributed by atoms with E-state index in [1.807, 2.05) is 0 Å². The van der Waals surface area contributed by atoms with E-state index in [1.165, 1.54) is 0 Å². The summed E-state index contributed by atoms with van der Waals surface area (Å²) in [7, 11) is 0. The summed E-state index contributed by atoms with van der Waals surface area (Å²) < 4.78 is 0. The van der Waals surface area contributed by atoms with Crippen LogP contribution >= 0.6 is 24.8 Å². The van der Waals surface area contributed by atoms with E-state index in [9.17, 15) is 0 Å². The highest BCUT2D eigenvalue weighted by atomic mass is 32.1. The molecule has 5 heteroatoms. The molecular formula is C3H8N2OS2. The van der Waals surface area contributed by atoms with Crippen molar-refractivity contribution in [2.45, 2.75) is 6.23 Å². The fraction of sp³-hybridized carbons (Fsp3) is 0.667. The molecule has 4 N–H and O–H groups in total. The second-order valence-electron chi connectivity index (χ2n) is 1.21. The fourth-order valence-corrected chi connectivity index (χ4v) is 0.437. The first kappa shape index (κ1) is 8.00. The Labute approximate surface area is 58.7 Å². The van der Waals surface area contributed by atoms with Gasteiger partial charge >= 0.3 is 0 Å². The molecule has 0 bridgehead atoms. The van der Waals surface area contributed by atoms with Gasteiger partial charge in [-0.05, 0) is 12.2 Å². The van der Waals surface area contributed by atoms with Crippen LogP contribution in [0, 0.1) is 0 Å². The number of aliphatic hydroxyl groups is 1. The number of rotatable bonds is 2. The van der Waals surface area contributed by atoms with Crippen molar-refractivity contribution in [2.75, 3.05) is 5.75 Å². The zero-order chi connectivity index (χ0) is 6.57. The lowest BCUT2D eigenvalue weighted by molar-refractivity contribution is 0.186. The number of aliphatic hydroxyl groups excluding tert-OH is 1. The first-order chi connectivity index (χ1) is 3.66. The monoisotopic (exact) mass is 152 g/mol. The summed E-state index contributed by atoms with van der Waals surface area (Å²) in [6, 6.07) is 0. The molecule has 0 saturated heterocycles. The van der Waals surface area contributed by atoms with Crippen molar-refractivity contribution in [1.29, 1.82) is 0 Å². The molecule has 0 aromatic rings. The molecule has 0 amide bonds. The van der Waals surface area contributed by atoms with Crippen molar-refractivity contribution >= 4 is 30.0 Å². The summed E-state index contributed by atoms with van der Waals surface area (Å²) in [6.45, 7) is 0. The molecule has 3 nitrogen and oxygen atoms in total. The van der Waals surface area contributed by atoms with Crippen molar-refractivity contribution in [2.24, 2.45) is 5.73 Å². The van der Waals surface area contributed by atoms with Crippen LogP contribution < -0.4 is 11.1 Å². The van der Waals surface area contributed by atoms with Crippen LogP contribution in [0.5, 0.6) is 0 Å². The van der Waals surface area contributed by atoms with E-state index in [-0.39, 0.29) is 5.11 Å². The van der Waals surface area contributed by atoms with Crippen LogP contribution in [0.4, 0.5) is 0 Å². The lowest BCUT2D eigenvalue weighted by Gasteiger charge is -2.07. The molecule has 0 aliphatic heterocycles. The number of hydrogen-bond donors (Lipinski definition) is 4. The molecule has 0 rings (SSSR count). The van der Waals surface area contributed by atoms with Crippen LogP contribution in [0.15, 0.2) is 0 Å². The smallest absolute Gasteiger partial charge is 0.165 e. The number of thiocarbonyl (C=S) groups is 1. The van der Waals surface area contributed by atoms with Crippen LogP contribution in [-0.4, -0.2) is 22.2 Å². The summed E-state index contributed by atoms with van der Waals surface area (Å²) >= 11 is 8.17. The van der Waals surface area contributed by atoms with Gasteiger partial charge in [-0.15, -0.1) is 0 Å². The van der Waals surface area contributed by atoms with Gasteiger partial charge < -0.3 is 16.2 Å². The van der Waals surface area contributed by atoms with E-state index in [4.69, 9.17) is 10.8 Å². The largest absolute Gasteiger partial charge is 0.376 e. The standard InChI is InChI=1S/C3H8N2OS2/c4-3(8)5-2(6)1-7/h2,6-7H,1H2,(H3,4,5,8). The van der Waals surface area contributed by atoms with Crippen LogP contribution in [0.25, 0.3) is 0 Å². The maximum Gasteiger partial charge on any atom is 0.165 e. The predicted molar refractivity (Wildman–Crippen MR) is 39.8 cm³/mol. The summed E-state index contributed by atoms with van der Waals surface area (Å²) in [4.78, 5) is 0. The van der Waals surface area contributed by atoms with Gasteiger partial charge in [0.25, 0.3) is 0 Å². The molecule has 1 atom stereocenters. The van der Waals surface area contributed by atoms with Gasteiger partial charge in [0.15, 0.2) is 5.11 Å². The van der Waals surface area contributed by atoms with E-state index in [0.29, 0.717) is 5.75 Å². The summed E-state index contributed by atoms with van der Waals surface area (Å²) in [5.41, 5.74) is 5.00. The third-order valence-corrected chi connectivity index (χ3v) is 0.946. The lowest BCUT2D eigenvalue weighted by Crippen LogP contribution is -2.39. The molecule has 0 radical (unpaired) electrons. The second kappa shape index (κ2) is 3.94. The predicted octanol–water partition coefficient (Wildman–Crippen LogP) is -0.932. The van der Waals surface area contributed by atoms with E-state index >= 15 is 0 Å². The summed E-state index contributed by atoms with van der Waals surface area (Å²) in [5, 5.41) is 11.1. The molecule has 0 aliphatic carbocycles. The average molecular weight is 152 g/mol. The molecule has 0 heterocycles. The van der Waals surface area contributed by atoms with Crippen molar-refractivity contribution in [1.82, 2.24) is 5.32 Å². The van der Waals surface area contributed by atoms with E-state index in [1.54, 1.807) is 0 Å². The Hall–Kier alpha value is -0.0000000000000000555. The Morgan fingerprint density at radius 3 is 2.62 bits per heavy atom. The average Bonchev–Trinajstić information content (AvgIpc) is 1.65. The van der Waals surface area contributed by atoms with E-state index in [0.717, 1.165) is 0 Å². The molecule has 8 heavy (non-hydrogen) atoms. The normalized spacial score (nSPS) is 12.8. The SMILES string of the molecule is NC(=S)NC(O)CS. The van der Waals surface area contributed by atoms with Gasteiger partial charge in [0.05, 0.1) is 0 Å². The van der Waals surface area contributed by atoms with Crippen molar-refractivity contribution in [3.05, 3.63) is 0 Å². The number of nitrogens with two attached hydrogens (primary N) is 1. The van der Waals surface area contributed by atoms with Gasteiger partial charge in [-0.2, -0.15) is 12.6 Å². The molecule has 1 unspecified atom stereocenters. The van der Waals surface area contributed by atoms with Gasteiger partial charge in [0, 0.05) is 5.75 Å². The molecule has 0 saturated carbocycles. The highest BCUT2D eigenvalue weighted by Crippen LogP contribution is 1.78. The molecule has 0 fully saturated rings. The molecule has 48 valence electrons. The van der Waals surface area contributed by atoms with E-state index in [2.05, 4.69) is 30.2 Å². The summed E-state index contributed by atoms with van der Waals surface area (Å²) in [6.07, 6.45) is -0.726. The minimum atomic E-state index is -0.726. The Balaban J connectivity index is 3.24. The number of nitrogens with one attached hydrogen (secondary N) is 1. The van der Waals surface area contributed by atoms with Crippen LogP contribution in [0.3, 0.4) is 0 Å². The highest BCUT2D eigenvalue weighted by Gasteiger charge is 1.96. The molecule has 0 aliphatic rings. The first-order valence-corrected chi connectivity index (χ1v) is 3.05. The highest BCUT2D eigenvalue weighted by molar-refractivity contribution is 7.80. The topological polar surface area (TPSA) is 58.3 Å². The molecular weight excluding hydrogens is 144 g/mol. The maximum absolute atomic E-state index is 8.67. The van der Waals surface area contributed by atoms with Crippen LogP contribution in [-0.2, 0) is 0 Å². The van der Waals surface area contributed by atoms with E-state index < -0.39 is 6.23 Å². The fourth-order valence-electron chi connectivity index (χ4n) is 0.210. The lowest BCUT2D eigenvalue weighted by atomic mass is 10.6. The van der Waals surface area contributed by atoms with Gasteiger partial charge in [0.1, 0.15) is 6.23 Å². The van der Waals surface area contributed by atoms with Gasteiger partial charge in [-0.1, -0.05) is 0 Å². The van der Waals surface area contributed by atoms with Crippen LogP contribution in [0.2, 0.25) is 0 Å².